The molecule has 0 bridgehead atoms. The average Bonchev–Trinajstić information content (AvgIpc) is 3.36. The van der Waals surface area contributed by atoms with E-state index >= 15 is 0 Å². The average molecular weight is 605 g/mol. The Morgan fingerprint density at radius 1 is 0.867 bits per heavy atom. The molecule has 0 aliphatic carbocycles. The van der Waals surface area contributed by atoms with E-state index in [1.807, 2.05) is 49.4 Å². The number of fused-ring (bicyclic) bond motifs is 1. The molecule has 45 heavy (non-hydrogen) atoms. The highest BCUT2D eigenvalue weighted by molar-refractivity contribution is 5.87. The summed E-state index contributed by atoms with van der Waals surface area (Å²) in [6, 6.07) is 19.0. The Labute approximate surface area is 267 Å². The molecule has 4 aromatic rings. The predicted molar refractivity (Wildman–Crippen MR) is 186 cm³/mol. The number of unbranched alkanes of at least 4 members (excludes halogenated alkanes) is 11. The third kappa shape index (κ3) is 9.52. The maximum atomic E-state index is 13.5. The number of benzene rings is 2. The molecule has 0 aliphatic heterocycles. The van der Waals surface area contributed by atoms with Gasteiger partial charge in [-0.25, -0.2) is 4.40 Å². The molecule has 3 N–H and O–H groups in total. The third-order valence-corrected chi connectivity index (χ3v) is 8.26. The van der Waals surface area contributed by atoms with Crippen molar-refractivity contribution in [3.05, 3.63) is 93.9 Å². The Morgan fingerprint density at radius 2 is 1.53 bits per heavy atom. The van der Waals surface area contributed by atoms with Crippen molar-refractivity contribution in [2.24, 2.45) is 10.2 Å². The Hall–Kier alpha value is -4.44. The number of nitrogen functional groups attached to an aromatic ring is 1. The molecule has 7 nitrogen and oxygen atoms in total. The molecule has 2 aromatic heterocycles. The zero-order chi connectivity index (χ0) is 31.9. The fraction of sp³-hybridized carbons (Fsp3) is 0.421. The van der Waals surface area contributed by atoms with Crippen LogP contribution in [0.4, 0.5) is 17.2 Å². The standard InChI is InChI=1S/C38H48N6O/c1-3-4-5-6-7-8-9-10-11-12-13-14-15-16-20-23-31-27-35(45)44-37(41-31)32(28-39)36(30-21-18-17-19-22-30)38(44)43-42-34-25-24-29(2)26-33(34)40/h10-11,17-19,21-22,24-27,41H,3-9,12-16,20,23,40H2,1-2H3/b11-10+,43-42?. The number of hydrogen-bond acceptors (Lipinski definition) is 5. The minimum absolute atomic E-state index is 0.240. The summed E-state index contributed by atoms with van der Waals surface area (Å²) < 4.78 is 1.46. The summed E-state index contributed by atoms with van der Waals surface area (Å²) >= 11 is 0. The van der Waals surface area contributed by atoms with Crippen LogP contribution in [0.15, 0.2) is 81.8 Å². The third-order valence-electron chi connectivity index (χ3n) is 8.26. The Balaban J connectivity index is 1.39. The van der Waals surface area contributed by atoms with Crippen molar-refractivity contribution in [2.45, 2.75) is 104 Å². The van der Waals surface area contributed by atoms with Gasteiger partial charge in [-0.15, -0.1) is 10.2 Å². The highest BCUT2D eigenvalue weighted by Crippen LogP contribution is 2.38. The number of aromatic nitrogens is 2. The first-order valence-electron chi connectivity index (χ1n) is 16.7. The van der Waals surface area contributed by atoms with E-state index in [-0.39, 0.29) is 5.56 Å². The minimum atomic E-state index is -0.240. The Kier molecular flexibility index (Phi) is 13.2. The summed E-state index contributed by atoms with van der Waals surface area (Å²) in [5.41, 5.74) is 11.0. The lowest BCUT2D eigenvalue weighted by molar-refractivity contribution is 0.608. The smallest absolute Gasteiger partial charge is 0.259 e. The molecule has 0 radical (unpaired) electrons. The largest absolute Gasteiger partial charge is 0.397 e. The van der Waals surface area contributed by atoms with E-state index in [1.165, 1.54) is 68.6 Å². The van der Waals surface area contributed by atoms with Crippen molar-refractivity contribution in [3.63, 3.8) is 0 Å². The lowest BCUT2D eigenvalue weighted by atomic mass is 10.0. The van der Waals surface area contributed by atoms with Gasteiger partial charge in [-0.3, -0.25) is 4.79 Å². The number of nitriles is 1. The molecule has 0 saturated carbocycles. The van der Waals surface area contributed by atoms with Crippen LogP contribution in [0.1, 0.15) is 107 Å². The topological polar surface area (TPSA) is 112 Å². The predicted octanol–water partition coefficient (Wildman–Crippen LogP) is 10.7. The number of nitrogens with zero attached hydrogens (tertiary/aromatic N) is 4. The molecule has 0 spiro atoms. The van der Waals surface area contributed by atoms with Gasteiger partial charge in [-0.1, -0.05) is 107 Å². The van der Waals surface area contributed by atoms with Gasteiger partial charge in [0.15, 0.2) is 5.82 Å². The second-order valence-electron chi connectivity index (χ2n) is 12.0. The van der Waals surface area contributed by atoms with Gasteiger partial charge in [0.1, 0.15) is 23.0 Å². The zero-order valence-electron chi connectivity index (χ0n) is 27.0. The summed E-state index contributed by atoms with van der Waals surface area (Å²) in [5, 5.41) is 19.2. The van der Waals surface area contributed by atoms with Gasteiger partial charge < -0.3 is 10.7 Å². The van der Waals surface area contributed by atoms with E-state index in [9.17, 15) is 10.1 Å². The van der Waals surface area contributed by atoms with Gasteiger partial charge in [0.25, 0.3) is 5.56 Å². The van der Waals surface area contributed by atoms with Crippen molar-refractivity contribution in [2.75, 3.05) is 5.73 Å². The molecule has 4 rings (SSSR count). The number of H-pyrrole nitrogens is 1. The van der Waals surface area contributed by atoms with E-state index in [2.05, 4.69) is 40.4 Å². The molecule has 0 amide bonds. The number of rotatable bonds is 18. The van der Waals surface area contributed by atoms with Gasteiger partial charge in [-0.2, -0.15) is 5.26 Å². The maximum Gasteiger partial charge on any atom is 0.259 e. The number of nitrogens with two attached hydrogens (primary N) is 1. The lowest BCUT2D eigenvalue weighted by Crippen LogP contribution is -2.14. The zero-order valence-corrected chi connectivity index (χ0v) is 27.0. The van der Waals surface area contributed by atoms with Crippen molar-refractivity contribution in [1.29, 1.82) is 5.26 Å². The van der Waals surface area contributed by atoms with Crippen LogP contribution in [0.25, 0.3) is 16.8 Å². The van der Waals surface area contributed by atoms with Crippen molar-refractivity contribution < 1.29 is 0 Å². The van der Waals surface area contributed by atoms with Crippen LogP contribution in [0.3, 0.4) is 0 Å². The molecule has 2 heterocycles. The molecule has 0 aliphatic rings. The van der Waals surface area contributed by atoms with Crippen LogP contribution in [-0.2, 0) is 6.42 Å². The molecule has 7 heteroatoms. The fourth-order valence-electron chi connectivity index (χ4n) is 5.76. The molecule has 236 valence electrons. The molecular formula is C38H48N6O. The van der Waals surface area contributed by atoms with Crippen LogP contribution in [-0.4, -0.2) is 9.38 Å². The minimum Gasteiger partial charge on any atom is -0.397 e. The first kappa shape index (κ1) is 33.5. The number of anilines is 1. The number of azo groups is 1. The number of aromatic amines is 1. The molecule has 0 atom stereocenters. The number of hydrogen-bond donors (Lipinski definition) is 2. The number of aryl methyl sites for hydroxylation is 2. The van der Waals surface area contributed by atoms with Crippen molar-refractivity contribution in [3.8, 4) is 17.2 Å². The molecule has 2 aromatic carbocycles. The van der Waals surface area contributed by atoms with Gasteiger partial charge in [0.05, 0.1) is 5.69 Å². The summed E-state index contributed by atoms with van der Waals surface area (Å²) in [5.74, 6) is 0.307. The normalized spacial score (nSPS) is 11.7. The van der Waals surface area contributed by atoms with Gasteiger partial charge in [0.2, 0.25) is 0 Å². The summed E-state index contributed by atoms with van der Waals surface area (Å²) in [6.45, 7) is 4.22. The quantitative estimate of drug-likeness (QED) is 0.0510. The van der Waals surface area contributed by atoms with Crippen LogP contribution >= 0.6 is 0 Å². The van der Waals surface area contributed by atoms with Gasteiger partial charge in [-0.05, 0) is 68.7 Å². The second kappa shape index (κ2) is 17.8. The molecule has 0 unspecified atom stereocenters. The molecular weight excluding hydrogens is 556 g/mol. The fourth-order valence-corrected chi connectivity index (χ4v) is 5.76. The van der Waals surface area contributed by atoms with E-state index in [0.29, 0.717) is 34.0 Å². The highest BCUT2D eigenvalue weighted by Gasteiger charge is 2.23. The SMILES string of the molecule is CCCCCCCC/C=C/CCCCCCCc1cc(=O)n2c(N=Nc3ccc(C)cc3N)c(-c3ccccc3)c(C#N)c2[nH]1. The first-order valence-corrected chi connectivity index (χ1v) is 16.7. The Morgan fingerprint density at radius 3 is 2.20 bits per heavy atom. The van der Waals surface area contributed by atoms with E-state index in [4.69, 9.17) is 5.73 Å². The highest BCUT2D eigenvalue weighted by atomic mass is 16.1. The van der Waals surface area contributed by atoms with Crippen LogP contribution < -0.4 is 11.3 Å². The van der Waals surface area contributed by atoms with Crippen molar-refractivity contribution in [1.82, 2.24) is 9.38 Å². The summed E-state index contributed by atoms with van der Waals surface area (Å²) in [7, 11) is 0. The van der Waals surface area contributed by atoms with E-state index in [0.717, 1.165) is 42.5 Å². The van der Waals surface area contributed by atoms with E-state index < -0.39 is 0 Å². The van der Waals surface area contributed by atoms with Crippen LogP contribution in [0.2, 0.25) is 0 Å². The Bertz CT molecular complexity index is 1670. The van der Waals surface area contributed by atoms with E-state index in [1.54, 1.807) is 12.1 Å². The second-order valence-corrected chi connectivity index (χ2v) is 12.0. The maximum absolute atomic E-state index is 13.5. The van der Waals surface area contributed by atoms with Crippen LogP contribution in [0.5, 0.6) is 0 Å². The van der Waals surface area contributed by atoms with Gasteiger partial charge >= 0.3 is 0 Å². The van der Waals surface area contributed by atoms with Crippen molar-refractivity contribution >= 4 is 22.8 Å². The summed E-state index contributed by atoms with van der Waals surface area (Å²) in [4.78, 5) is 16.9. The molecule has 0 fully saturated rings. The van der Waals surface area contributed by atoms with Crippen LogP contribution in [0, 0.1) is 18.3 Å². The number of allylic oxidation sites excluding steroid dienone is 2. The first-order chi connectivity index (χ1) is 22.0. The number of nitrogens with one attached hydrogen (secondary N) is 1. The van der Waals surface area contributed by atoms with Gasteiger partial charge in [0, 0.05) is 17.3 Å². The molecule has 0 saturated heterocycles. The monoisotopic (exact) mass is 604 g/mol. The lowest BCUT2D eigenvalue weighted by Gasteiger charge is -2.05. The summed E-state index contributed by atoms with van der Waals surface area (Å²) in [6.07, 6.45) is 21.6.